The lowest BCUT2D eigenvalue weighted by Crippen LogP contribution is -2.53. The van der Waals surface area contributed by atoms with Gasteiger partial charge in [-0.25, -0.2) is 19.6 Å². The van der Waals surface area contributed by atoms with Gasteiger partial charge in [0, 0.05) is 18.5 Å². The number of nitrogens with one attached hydrogen (secondary N) is 4. The Morgan fingerprint density at radius 3 is 1.59 bits per heavy atom. The Balaban J connectivity index is 0.853. The van der Waals surface area contributed by atoms with E-state index in [0.717, 1.165) is 92.0 Å². The molecule has 6 aromatic rings. The molecule has 2 fully saturated rings. The van der Waals surface area contributed by atoms with Gasteiger partial charge >= 0.3 is 12.2 Å². The molecule has 73 heavy (non-hydrogen) atoms. The van der Waals surface area contributed by atoms with Crippen molar-refractivity contribution in [3.8, 4) is 44.8 Å². The summed E-state index contributed by atoms with van der Waals surface area (Å²) >= 11 is 0. The van der Waals surface area contributed by atoms with Gasteiger partial charge in [-0.05, 0) is 131 Å². The first-order valence-electron chi connectivity index (χ1n) is 26.2. The van der Waals surface area contributed by atoms with Crippen molar-refractivity contribution in [2.45, 2.75) is 122 Å². The summed E-state index contributed by atoms with van der Waals surface area (Å²) in [5.41, 5.74) is 15.4. The molecule has 4 heterocycles. The Bertz CT molecular complexity index is 3030. The van der Waals surface area contributed by atoms with Crippen LogP contribution in [-0.2, 0) is 43.7 Å². The largest absolute Gasteiger partial charge is 0.453 e. The van der Waals surface area contributed by atoms with Crippen molar-refractivity contribution in [2.75, 3.05) is 27.3 Å². The van der Waals surface area contributed by atoms with E-state index in [4.69, 9.17) is 19.4 Å². The highest BCUT2D eigenvalue weighted by Crippen LogP contribution is 2.52. The quantitative estimate of drug-likeness (QED) is 0.0937. The van der Waals surface area contributed by atoms with Crippen LogP contribution in [0.25, 0.3) is 44.8 Å². The number of aryl methyl sites for hydroxylation is 2. The van der Waals surface area contributed by atoms with Crippen molar-refractivity contribution in [3.05, 3.63) is 131 Å². The summed E-state index contributed by atoms with van der Waals surface area (Å²) < 4.78 is 9.67. The van der Waals surface area contributed by atoms with Gasteiger partial charge in [-0.3, -0.25) is 9.59 Å². The molecule has 4 N–H and O–H groups in total. The average Bonchev–Trinajstić information content (AvgIpc) is 4.12. The normalized spacial score (nSPS) is 20.0. The molecule has 3 aliphatic carbocycles. The van der Waals surface area contributed by atoms with Gasteiger partial charge in [-0.15, -0.1) is 0 Å². The molecule has 4 aromatic carbocycles. The monoisotopic (exact) mass is 985 g/mol. The number of H-pyrrole nitrogens is 2. The Labute approximate surface area is 428 Å². The number of piperidine rings is 2. The Morgan fingerprint density at radius 1 is 0.603 bits per heavy atom. The Kier molecular flexibility index (Phi) is 13.8. The number of rotatable bonds is 12. The fourth-order valence-corrected chi connectivity index (χ4v) is 11.9. The molecule has 14 nitrogen and oxygen atoms in total. The fraction of sp³-hybridized carbons (Fsp3) is 0.424. The van der Waals surface area contributed by atoms with Gasteiger partial charge in [-0.1, -0.05) is 113 Å². The maximum absolute atomic E-state index is 13.9. The van der Waals surface area contributed by atoms with E-state index >= 15 is 0 Å². The molecular weight excluding hydrogens is 917 g/mol. The Morgan fingerprint density at radius 2 is 1.10 bits per heavy atom. The topological polar surface area (TPSA) is 175 Å². The van der Waals surface area contributed by atoms with Gasteiger partial charge in [0.25, 0.3) is 0 Å². The van der Waals surface area contributed by atoms with Crippen LogP contribution in [0.3, 0.4) is 0 Å². The van der Waals surface area contributed by atoms with Crippen LogP contribution in [0.5, 0.6) is 0 Å². The van der Waals surface area contributed by atoms with Crippen molar-refractivity contribution in [1.29, 1.82) is 0 Å². The van der Waals surface area contributed by atoms with Gasteiger partial charge in [0.15, 0.2) is 0 Å². The molecular formula is C59H68N8O6. The number of benzene rings is 4. The van der Waals surface area contributed by atoms with Crippen molar-refractivity contribution in [1.82, 2.24) is 40.4 Å². The van der Waals surface area contributed by atoms with Gasteiger partial charge < -0.3 is 39.9 Å². The lowest BCUT2D eigenvalue weighted by Gasteiger charge is -2.44. The zero-order valence-electron chi connectivity index (χ0n) is 43.1. The first-order valence-corrected chi connectivity index (χ1v) is 26.2. The van der Waals surface area contributed by atoms with E-state index in [0.29, 0.717) is 13.1 Å². The van der Waals surface area contributed by atoms with Crippen LogP contribution in [-0.4, -0.2) is 93.1 Å². The number of hydrogen-bond donors (Lipinski definition) is 4. The number of aromatic amines is 2. The average molecular weight is 985 g/mol. The SMILES string of the molecule is COC(=O)N[C@H](C(=O)N1CCCC[C@H]1c1ncc(-c2ccc(-c3cc4c5cc3CCc3ccc(c(-c6ccc(-c7cnc([C@@H]8CCCCN8C(=O)[C@@H](NC(=O)OC)C(C)C)[nH]7)cc6)c3)C5(C)C4)cc2)[nH]1)C(C)C. The van der Waals surface area contributed by atoms with Crippen molar-refractivity contribution < 1.29 is 28.7 Å². The molecule has 5 aliphatic rings. The van der Waals surface area contributed by atoms with Gasteiger partial charge in [0.1, 0.15) is 23.7 Å². The maximum atomic E-state index is 13.9. The summed E-state index contributed by atoms with van der Waals surface area (Å²) in [6.07, 6.45) is 10.6. The minimum absolute atomic E-state index is 0.106. The van der Waals surface area contributed by atoms with E-state index in [1.54, 1.807) is 0 Å². The summed E-state index contributed by atoms with van der Waals surface area (Å²) in [7, 11) is 2.62. The number of imidazole rings is 2. The lowest BCUT2D eigenvalue weighted by molar-refractivity contribution is -0.139. The van der Waals surface area contributed by atoms with Crippen molar-refractivity contribution >= 4 is 24.0 Å². The number of aromatic nitrogens is 4. The minimum Gasteiger partial charge on any atom is -0.453 e. The van der Waals surface area contributed by atoms with Crippen LogP contribution in [0.1, 0.15) is 125 Å². The fourth-order valence-electron chi connectivity index (χ4n) is 11.9. The zero-order valence-corrected chi connectivity index (χ0v) is 43.1. The summed E-state index contributed by atoms with van der Waals surface area (Å²) in [6.45, 7) is 11.3. The van der Waals surface area contributed by atoms with Gasteiger partial charge in [-0.2, -0.15) is 0 Å². The summed E-state index contributed by atoms with van der Waals surface area (Å²) in [4.78, 5) is 72.5. The predicted molar refractivity (Wildman–Crippen MR) is 281 cm³/mol. The molecule has 2 aromatic heterocycles. The standard InChI is InChI=1S/C59H68N8O6/c1-34(2)51(64-57(70)72-6)55(68)66-26-10-8-12-49(66)53-60-32-47(62-53)39-21-17-37(18-22-39)43-29-42-31-59(5)45-25-15-36(14-16-41(43)30-46(42)59)28-44(45)38-19-23-40(24-20-38)48-33-61-54(63-48)50-13-9-11-27-67(50)56(69)52(35(3)4)65-58(71)73-7/h15,17-25,28-30,32-35,49-52H,8-14,16,26-27,31H2,1-7H3,(H,60,62)(H,61,63)(H,64,70)(H,65,71)/t49-,50-,51-,52-,59?/m0/s1. The second-order valence-corrected chi connectivity index (χ2v) is 21.4. The first-order chi connectivity index (χ1) is 35.2. The van der Waals surface area contributed by atoms with Crippen LogP contribution in [0.15, 0.2) is 91.3 Å². The first kappa shape index (κ1) is 49.4. The molecule has 2 saturated heterocycles. The molecule has 0 spiro atoms. The van der Waals surface area contributed by atoms with Crippen LogP contribution in [0, 0.1) is 11.8 Å². The third-order valence-electron chi connectivity index (χ3n) is 16.0. The third kappa shape index (κ3) is 9.52. The van der Waals surface area contributed by atoms with Crippen LogP contribution < -0.4 is 10.6 Å². The number of ether oxygens (including phenoxy) is 2. The summed E-state index contributed by atoms with van der Waals surface area (Å²) in [6, 6.07) is 27.7. The number of likely N-dealkylation sites (tertiary alicyclic amines) is 2. The highest BCUT2D eigenvalue weighted by molar-refractivity contribution is 5.87. The number of amides is 4. The number of carbonyl (C=O) groups excluding carboxylic acids is 4. The van der Waals surface area contributed by atoms with E-state index in [-0.39, 0.29) is 41.1 Å². The second-order valence-electron chi connectivity index (χ2n) is 21.4. The van der Waals surface area contributed by atoms with Gasteiger partial charge in [0.05, 0.1) is 50.1 Å². The van der Waals surface area contributed by atoms with E-state index in [1.165, 1.54) is 64.3 Å². The molecule has 0 radical (unpaired) electrons. The van der Waals surface area contributed by atoms with Crippen LogP contribution >= 0.6 is 0 Å². The minimum atomic E-state index is -0.691. The molecule has 4 bridgehead atoms. The molecule has 5 atom stereocenters. The summed E-state index contributed by atoms with van der Waals surface area (Å²) in [5, 5.41) is 5.50. The summed E-state index contributed by atoms with van der Waals surface area (Å²) in [5.74, 6) is 1.06. The molecule has 11 rings (SSSR count). The molecule has 14 heteroatoms. The molecule has 1 unspecified atom stereocenters. The van der Waals surface area contributed by atoms with Crippen LogP contribution in [0.4, 0.5) is 9.59 Å². The maximum Gasteiger partial charge on any atom is 0.407 e. The Hall–Kier alpha value is -7.22. The highest BCUT2D eigenvalue weighted by atomic mass is 16.5. The number of alkyl carbamates (subject to hydrolysis) is 2. The van der Waals surface area contributed by atoms with E-state index < -0.39 is 24.3 Å². The highest BCUT2D eigenvalue weighted by Gasteiger charge is 2.43. The second kappa shape index (κ2) is 20.4. The van der Waals surface area contributed by atoms with E-state index in [1.807, 2.05) is 49.9 Å². The van der Waals surface area contributed by atoms with Crippen molar-refractivity contribution in [2.24, 2.45) is 11.8 Å². The number of methoxy groups -OCH3 is 2. The number of carbonyl (C=O) groups is 4. The van der Waals surface area contributed by atoms with E-state index in [9.17, 15) is 19.2 Å². The van der Waals surface area contributed by atoms with Crippen molar-refractivity contribution in [3.63, 3.8) is 0 Å². The van der Waals surface area contributed by atoms with Crippen LogP contribution in [0.2, 0.25) is 0 Å². The number of hydrogen-bond acceptors (Lipinski definition) is 8. The van der Waals surface area contributed by atoms with Gasteiger partial charge in [0.2, 0.25) is 11.8 Å². The number of nitrogens with zero attached hydrogens (tertiary/aromatic N) is 4. The smallest absolute Gasteiger partial charge is 0.407 e. The molecule has 380 valence electrons. The predicted octanol–water partition coefficient (Wildman–Crippen LogP) is 10.6. The van der Waals surface area contributed by atoms with E-state index in [2.05, 4.69) is 106 Å². The lowest BCUT2D eigenvalue weighted by atomic mass is 9.59. The molecule has 2 aliphatic heterocycles. The molecule has 4 amide bonds. The molecule has 0 saturated carbocycles. The zero-order chi connectivity index (χ0) is 51.1. The number of fused-ring (bicyclic) bond motifs is 3. The third-order valence-corrected chi connectivity index (χ3v) is 16.0.